The van der Waals surface area contributed by atoms with Crippen molar-refractivity contribution in [3.05, 3.63) is 17.2 Å². The van der Waals surface area contributed by atoms with Crippen LogP contribution in [0.1, 0.15) is 36.1 Å². The van der Waals surface area contributed by atoms with Crippen LogP contribution in [0.3, 0.4) is 0 Å². The quantitative estimate of drug-likeness (QED) is 0.748. The van der Waals surface area contributed by atoms with Crippen molar-refractivity contribution in [1.29, 1.82) is 0 Å². The van der Waals surface area contributed by atoms with Gasteiger partial charge in [0.05, 0.1) is 17.4 Å². The minimum Gasteiger partial charge on any atom is -0.334 e. The van der Waals surface area contributed by atoms with Crippen LogP contribution in [0.15, 0.2) is 0 Å². The molecule has 1 aliphatic heterocycles. The lowest BCUT2D eigenvalue weighted by atomic mass is 10.00. The molecule has 0 saturated carbocycles. The van der Waals surface area contributed by atoms with Gasteiger partial charge in [-0.1, -0.05) is 0 Å². The van der Waals surface area contributed by atoms with Gasteiger partial charge in [0.15, 0.2) is 0 Å². The van der Waals surface area contributed by atoms with E-state index >= 15 is 0 Å². The summed E-state index contributed by atoms with van der Waals surface area (Å²) in [7, 11) is 2.01. The van der Waals surface area contributed by atoms with Crippen LogP contribution >= 0.6 is 0 Å². The summed E-state index contributed by atoms with van der Waals surface area (Å²) in [5.74, 6) is 1.35. The smallest absolute Gasteiger partial charge is 0.136 e. The van der Waals surface area contributed by atoms with E-state index in [2.05, 4.69) is 14.9 Å². The number of nitrogens with zero attached hydrogens (tertiary/aromatic N) is 2. The van der Waals surface area contributed by atoms with Crippen LogP contribution in [0.2, 0.25) is 0 Å². The van der Waals surface area contributed by atoms with E-state index in [-0.39, 0.29) is 6.04 Å². The molecule has 1 aromatic heterocycles. The highest BCUT2D eigenvalue weighted by molar-refractivity contribution is 5.80. The Labute approximate surface area is 89.7 Å². The van der Waals surface area contributed by atoms with E-state index < -0.39 is 0 Å². The average molecular weight is 207 g/mol. The van der Waals surface area contributed by atoms with Crippen molar-refractivity contribution in [3.8, 4) is 0 Å². The summed E-state index contributed by atoms with van der Waals surface area (Å²) in [6, 6.07) is 0.150. The van der Waals surface area contributed by atoms with Crippen molar-refractivity contribution in [2.45, 2.75) is 32.7 Å². The molecule has 1 unspecified atom stereocenters. The van der Waals surface area contributed by atoms with Crippen LogP contribution < -0.4 is 5.32 Å². The molecule has 1 atom stereocenters. The summed E-state index contributed by atoms with van der Waals surface area (Å²) in [5, 5.41) is 3.38. The van der Waals surface area contributed by atoms with Gasteiger partial charge in [-0.15, -0.1) is 0 Å². The van der Waals surface area contributed by atoms with Gasteiger partial charge < -0.3 is 9.88 Å². The van der Waals surface area contributed by atoms with E-state index in [0.717, 1.165) is 23.8 Å². The van der Waals surface area contributed by atoms with Crippen LogP contribution in [0.25, 0.3) is 0 Å². The standard InChI is InChI=1S/C11H17N3O/c1-7-11(14(3)8(2)13-7)10-6-9(15)4-5-12-10/h10,12H,4-6H2,1-3H3. The maximum Gasteiger partial charge on any atom is 0.136 e. The number of hydrogen-bond acceptors (Lipinski definition) is 3. The molecule has 0 aliphatic carbocycles. The molecule has 0 spiro atoms. The second-order valence-electron chi connectivity index (χ2n) is 4.19. The van der Waals surface area contributed by atoms with Crippen molar-refractivity contribution >= 4 is 5.78 Å². The van der Waals surface area contributed by atoms with Gasteiger partial charge in [-0.2, -0.15) is 0 Å². The Morgan fingerprint density at radius 1 is 1.47 bits per heavy atom. The number of aryl methyl sites for hydroxylation is 2. The number of rotatable bonds is 1. The van der Waals surface area contributed by atoms with E-state index in [4.69, 9.17) is 0 Å². The fourth-order valence-corrected chi connectivity index (χ4v) is 2.26. The average Bonchev–Trinajstić information content (AvgIpc) is 2.41. The van der Waals surface area contributed by atoms with Gasteiger partial charge >= 0.3 is 0 Å². The van der Waals surface area contributed by atoms with Crippen LogP contribution in [0.5, 0.6) is 0 Å². The number of Topliss-reactive ketones (excluding diaryl/α,β-unsaturated/α-hetero) is 1. The molecule has 4 nitrogen and oxygen atoms in total. The summed E-state index contributed by atoms with van der Waals surface area (Å²) in [6.45, 7) is 4.78. The molecule has 15 heavy (non-hydrogen) atoms. The van der Waals surface area contributed by atoms with Crippen molar-refractivity contribution in [3.63, 3.8) is 0 Å². The number of hydrogen-bond donors (Lipinski definition) is 1. The molecular weight excluding hydrogens is 190 g/mol. The second-order valence-corrected chi connectivity index (χ2v) is 4.19. The topological polar surface area (TPSA) is 46.9 Å². The Balaban J connectivity index is 2.32. The highest BCUT2D eigenvalue weighted by Crippen LogP contribution is 2.24. The first kappa shape index (κ1) is 10.4. The van der Waals surface area contributed by atoms with E-state index in [1.54, 1.807) is 0 Å². The zero-order chi connectivity index (χ0) is 11.0. The van der Waals surface area contributed by atoms with Gasteiger partial charge in [0.1, 0.15) is 11.6 Å². The van der Waals surface area contributed by atoms with E-state index in [9.17, 15) is 4.79 Å². The molecule has 2 rings (SSSR count). The van der Waals surface area contributed by atoms with Gasteiger partial charge in [-0.05, 0) is 13.8 Å². The Kier molecular flexibility index (Phi) is 2.61. The molecule has 2 heterocycles. The fourth-order valence-electron chi connectivity index (χ4n) is 2.26. The molecule has 1 fully saturated rings. The highest BCUT2D eigenvalue weighted by Gasteiger charge is 2.25. The molecule has 1 aliphatic rings. The molecular formula is C11H17N3O. The fraction of sp³-hybridized carbons (Fsp3) is 0.636. The van der Waals surface area contributed by atoms with Crippen LogP contribution in [-0.2, 0) is 11.8 Å². The molecule has 0 amide bonds. The monoisotopic (exact) mass is 207 g/mol. The Morgan fingerprint density at radius 3 is 2.73 bits per heavy atom. The summed E-state index contributed by atoms with van der Waals surface area (Å²) in [6.07, 6.45) is 1.26. The second kappa shape index (κ2) is 3.77. The lowest BCUT2D eigenvalue weighted by Gasteiger charge is -2.23. The lowest BCUT2D eigenvalue weighted by molar-refractivity contribution is -0.120. The predicted octanol–water partition coefficient (Wildman–Crippen LogP) is 1.03. The van der Waals surface area contributed by atoms with Gasteiger partial charge in [-0.25, -0.2) is 4.98 Å². The van der Waals surface area contributed by atoms with E-state index in [1.165, 1.54) is 0 Å². The minimum absolute atomic E-state index is 0.150. The molecule has 82 valence electrons. The van der Waals surface area contributed by atoms with Gasteiger partial charge in [0, 0.05) is 26.4 Å². The summed E-state index contributed by atoms with van der Waals surface area (Å²) >= 11 is 0. The van der Waals surface area contributed by atoms with Crippen LogP contribution in [-0.4, -0.2) is 21.9 Å². The first-order chi connectivity index (χ1) is 7.09. The maximum atomic E-state index is 11.4. The molecule has 0 bridgehead atoms. The maximum absolute atomic E-state index is 11.4. The summed E-state index contributed by atoms with van der Waals surface area (Å²) < 4.78 is 2.08. The first-order valence-electron chi connectivity index (χ1n) is 5.34. The van der Waals surface area contributed by atoms with Gasteiger partial charge in [0.25, 0.3) is 0 Å². The molecule has 1 saturated heterocycles. The number of carbonyl (C=O) groups is 1. The minimum atomic E-state index is 0.150. The predicted molar refractivity (Wildman–Crippen MR) is 57.7 cm³/mol. The Bertz CT molecular complexity index is 395. The lowest BCUT2D eigenvalue weighted by Crippen LogP contribution is -2.33. The normalized spacial score (nSPS) is 22.1. The molecule has 1 aromatic rings. The van der Waals surface area contributed by atoms with E-state index in [1.807, 2.05) is 20.9 Å². The number of imidazole rings is 1. The SMILES string of the molecule is Cc1nc(C)n(C)c1C1CC(=O)CCN1. The highest BCUT2D eigenvalue weighted by atomic mass is 16.1. The Hall–Kier alpha value is -1.16. The molecule has 4 heteroatoms. The van der Waals surface area contributed by atoms with Crippen LogP contribution in [0, 0.1) is 13.8 Å². The summed E-state index contributed by atoms with van der Waals surface area (Å²) in [5.41, 5.74) is 2.18. The van der Waals surface area contributed by atoms with Crippen molar-refractivity contribution in [1.82, 2.24) is 14.9 Å². The number of aromatic nitrogens is 2. The largest absolute Gasteiger partial charge is 0.334 e. The third-order valence-electron chi connectivity index (χ3n) is 3.10. The van der Waals surface area contributed by atoms with Crippen LogP contribution in [0.4, 0.5) is 0 Å². The molecule has 1 N–H and O–H groups in total. The van der Waals surface area contributed by atoms with Crippen molar-refractivity contribution < 1.29 is 4.79 Å². The third kappa shape index (κ3) is 1.81. The number of ketones is 1. The first-order valence-corrected chi connectivity index (χ1v) is 5.34. The number of piperidine rings is 1. The van der Waals surface area contributed by atoms with E-state index in [0.29, 0.717) is 18.6 Å². The summed E-state index contributed by atoms with van der Waals surface area (Å²) in [4.78, 5) is 15.8. The molecule has 0 radical (unpaired) electrons. The number of nitrogens with one attached hydrogen (secondary N) is 1. The van der Waals surface area contributed by atoms with Gasteiger partial charge in [-0.3, -0.25) is 4.79 Å². The van der Waals surface area contributed by atoms with Crippen molar-refractivity contribution in [2.24, 2.45) is 7.05 Å². The third-order valence-corrected chi connectivity index (χ3v) is 3.10. The van der Waals surface area contributed by atoms with Gasteiger partial charge in [0.2, 0.25) is 0 Å². The van der Waals surface area contributed by atoms with Crippen molar-refractivity contribution in [2.75, 3.05) is 6.54 Å². The number of carbonyl (C=O) groups excluding carboxylic acids is 1. The molecule has 0 aromatic carbocycles. The zero-order valence-corrected chi connectivity index (χ0v) is 9.50. The zero-order valence-electron chi connectivity index (χ0n) is 9.50. The Morgan fingerprint density at radius 2 is 2.20 bits per heavy atom.